The van der Waals surface area contributed by atoms with E-state index in [0.717, 1.165) is 16.7 Å². The Morgan fingerprint density at radius 3 is 2.28 bits per heavy atom. The van der Waals surface area contributed by atoms with E-state index in [1.165, 1.54) is 4.90 Å². The predicted octanol–water partition coefficient (Wildman–Crippen LogP) is 4.85. The van der Waals surface area contributed by atoms with Crippen LogP contribution < -0.4 is 21.7 Å². The number of benzene rings is 2. The van der Waals surface area contributed by atoms with Gasteiger partial charge in [-0.2, -0.15) is 0 Å². The van der Waals surface area contributed by atoms with Crippen LogP contribution in [0.15, 0.2) is 82.4 Å². The van der Waals surface area contributed by atoms with Crippen molar-refractivity contribution in [1.82, 2.24) is 20.4 Å². The first-order chi connectivity index (χ1) is 22.5. The molecule has 1 saturated carbocycles. The molecule has 2 heterocycles. The lowest BCUT2D eigenvalue weighted by molar-refractivity contribution is -0.130. The number of H-pyrrole nitrogens is 1. The van der Waals surface area contributed by atoms with Crippen molar-refractivity contribution in [3.05, 3.63) is 89.2 Å². The van der Waals surface area contributed by atoms with Crippen LogP contribution in [0, 0.1) is 11.8 Å². The summed E-state index contributed by atoms with van der Waals surface area (Å²) in [5, 5.41) is 6.53. The summed E-state index contributed by atoms with van der Waals surface area (Å²) in [7, 11) is 0. The van der Waals surface area contributed by atoms with Gasteiger partial charge in [0.15, 0.2) is 5.82 Å². The lowest BCUT2D eigenvalue weighted by atomic mass is 9.81. The monoisotopic (exact) mass is 640 g/mol. The highest BCUT2D eigenvalue weighted by Crippen LogP contribution is 2.32. The number of amides is 3. The number of pyridine rings is 1. The molecule has 4 N–H and O–H groups in total. The van der Waals surface area contributed by atoms with Crippen molar-refractivity contribution < 1.29 is 23.6 Å². The number of anilines is 1. The third-order valence-corrected chi connectivity index (χ3v) is 8.13. The average molecular weight is 641 g/mol. The van der Waals surface area contributed by atoms with Gasteiger partial charge in [-0.25, -0.2) is 14.5 Å². The molecular formula is C35H40N6O6. The van der Waals surface area contributed by atoms with Gasteiger partial charge in [0.25, 0.3) is 5.91 Å². The standard InChI is InChI=1S/C35H40N6O6/c1-35(2,3)46-33(44)38-20-23-8-12-26(13-9-23)31(42)41(28-16-14-25(15-17-28)30-39-34(45)47-40-30)32(43)29(36)19-22-6-10-24(11-7-22)27-5-4-18-37-21-27/h4-7,10-11,14-18,21,23,26,29H,8-9,12-13,19-20,36H2,1-3H3,(H,38,44)(H,39,40,45)/t23?,26?,29-/m0/s1. The number of nitrogens with two attached hydrogens (primary N) is 1. The highest BCUT2D eigenvalue weighted by molar-refractivity contribution is 6.17. The molecule has 0 radical (unpaired) electrons. The molecule has 2 aromatic heterocycles. The summed E-state index contributed by atoms with van der Waals surface area (Å²) in [5.41, 5.74) is 9.65. The average Bonchev–Trinajstić information content (AvgIpc) is 3.50. The molecule has 1 aliphatic rings. The molecule has 1 aliphatic carbocycles. The van der Waals surface area contributed by atoms with Crippen molar-refractivity contribution in [3.8, 4) is 22.5 Å². The Morgan fingerprint density at radius 2 is 1.68 bits per heavy atom. The molecule has 0 aliphatic heterocycles. The molecule has 47 heavy (non-hydrogen) atoms. The quantitative estimate of drug-likeness (QED) is 0.231. The number of alkyl carbamates (subject to hydrolysis) is 1. The van der Waals surface area contributed by atoms with Gasteiger partial charge in [-0.1, -0.05) is 35.5 Å². The van der Waals surface area contributed by atoms with Crippen molar-refractivity contribution in [2.75, 3.05) is 11.4 Å². The van der Waals surface area contributed by atoms with E-state index in [0.29, 0.717) is 43.5 Å². The molecule has 1 fully saturated rings. The molecule has 0 bridgehead atoms. The molecule has 0 spiro atoms. The Morgan fingerprint density at radius 1 is 1.00 bits per heavy atom. The normalized spacial score (nSPS) is 17.0. The highest BCUT2D eigenvalue weighted by atomic mass is 16.6. The van der Waals surface area contributed by atoms with Gasteiger partial charge in [-0.05, 0) is 106 Å². The molecule has 1 atom stereocenters. The minimum absolute atomic E-state index is 0.191. The van der Waals surface area contributed by atoms with E-state index in [2.05, 4.69) is 25.0 Å². The fraction of sp³-hybridized carbons (Fsp3) is 0.371. The van der Waals surface area contributed by atoms with Crippen LogP contribution in [-0.2, 0) is 20.7 Å². The number of aromatic amines is 1. The van der Waals surface area contributed by atoms with Crippen molar-refractivity contribution in [1.29, 1.82) is 0 Å². The first kappa shape index (κ1) is 33.3. The second kappa shape index (κ2) is 14.5. The zero-order chi connectivity index (χ0) is 33.6. The Labute approximate surface area is 272 Å². The SMILES string of the molecule is CC(C)(C)OC(=O)NCC1CCC(C(=O)N(C(=O)[C@@H](N)Cc2ccc(-c3cccnc3)cc2)c2ccc(-c3noc(=O)[nH]3)cc2)CC1. The Bertz CT molecular complexity index is 1720. The summed E-state index contributed by atoms with van der Waals surface area (Å²) in [6, 6.07) is 17.2. The second-order valence-electron chi connectivity index (χ2n) is 12.9. The smallest absolute Gasteiger partial charge is 0.439 e. The lowest BCUT2D eigenvalue weighted by Crippen LogP contribution is -2.50. The fourth-order valence-corrected chi connectivity index (χ4v) is 5.70. The number of imide groups is 1. The number of rotatable bonds is 9. The number of nitrogens with zero attached hydrogens (tertiary/aromatic N) is 3. The third kappa shape index (κ3) is 8.79. The molecule has 0 saturated heterocycles. The maximum Gasteiger partial charge on any atom is 0.439 e. The predicted molar refractivity (Wildman–Crippen MR) is 176 cm³/mol. The fourth-order valence-electron chi connectivity index (χ4n) is 5.70. The van der Waals surface area contributed by atoms with Gasteiger partial charge in [0.05, 0.1) is 11.7 Å². The Kier molecular flexibility index (Phi) is 10.3. The van der Waals surface area contributed by atoms with Gasteiger partial charge >= 0.3 is 11.8 Å². The maximum absolute atomic E-state index is 14.1. The zero-order valence-corrected chi connectivity index (χ0v) is 26.8. The molecule has 246 valence electrons. The largest absolute Gasteiger partial charge is 0.444 e. The van der Waals surface area contributed by atoms with E-state index in [1.807, 2.05) is 57.2 Å². The second-order valence-corrected chi connectivity index (χ2v) is 12.9. The molecule has 3 amide bonds. The minimum Gasteiger partial charge on any atom is -0.444 e. The van der Waals surface area contributed by atoms with Crippen LogP contribution in [0.1, 0.15) is 52.0 Å². The summed E-state index contributed by atoms with van der Waals surface area (Å²) in [5.74, 6) is -1.49. The summed E-state index contributed by atoms with van der Waals surface area (Å²) in [6.07, 6.45) is 5.81. The topological polar surface area (TPSA) is 174 Å². The number of ether oxygens (including phenoxy) is 1. The van der Waals surface area contributed by atoms with Crippen LogP contribution in [-0.4, -0.2) is 51.2 Å². The van der Waals surface area contributed by atoms with Gasteiger partial charge in [-0.3, -0.25) is 24.1 Å². The van der Waals surface area contributed by atoms with Crippen LogP contribution in [0.3, 0.4) is 0 Å². The first-order valence-electron chi connectivity index (χ1n) is 15.7. The van der Waals surface area contributed by atoms with Crippen molar-refractivity contribution in [3.63, 3.8) is 0 Å². The number of hydrogen-bond donors (Lipinski definition) is 3. The van der Waals surface area contributed by atoms with Crippen LogP contribution in [0.25, 0.3) is 22.5 Å². The molecule has 2 aromatic carbocycles. The number of hydrogen-bond acceptors (Lipinski definition) is 9. The summed E-state index contributed by atoms with van der Waals surface area (Å²) in [6.45, 7) is 5.88. The van der Waals surface area contributed by atoms with Crippen LogP contribution >= 0.6 is 0 Å². The Hall–Kier alpha value is -5.10. The van der Waals surface area contributed by atoms with E-state index in [4.69, 9.17) is 10.5 Å². The van der Waals surface area contributed by atoms with Gasteiger partial charge in [0, 0.05) is 30.4 Å². The van der Waals surface area contributed by atoms with E-state index in [1.54, 1.807) is 36.7 Å². The van der Waals surface area contributed by atoms with Gasteiger partial charge in [-0.15, -0.1) is 0 Å². The molecule has 0 unspecified atom stereocenters. The summed E-state index contributed by atoms with van der Waals surface area (Å²) >= 11 is 0. The number of carbonyl (C=O) groups is 3. The third-order valence-electron chi connectivity index (χ3n) is 8.13. The van der Waals surface area contributed by atoms with Gasteiger partial charge in [0.1, 0.15) is 5.60 Å². The van der Waals surface area contributed by atoms with Crippen LogP contribution in [0.2, 0.25) is 0 Å². The van der Waals surface area contributed by atoms with Crippen LogP contribution in [0.4, 0.5) is 10.5 Å². The maximum atomic E-state index is 14.1. The molecule has 12 heteroatoms. The van der Waals surface area contributed by atoms with E-state index in [-0.39, 0.29) is 24.1 Å². The van der Waals surface area contributed by atoms with Crippen LogP contribution in [0.5, 0.6) is 0 Å². The van der Waals surface area contributed by atoms with Crippen molar-refractivity contribution in [2.45, 2.75) is 64.5 Å². The number of nitrogens with one attached hydrogen (secondary N) is 2. The van der Waals surface area contributed by atoms with Gasteiger partial charge < -0.3 is 15.8 Å². The molecule has 4 aromatic rings. The number of carbonyl (C=O) groups excluding carboxylic acids is 3. The van der Waals surface area contributed by atoms with Gasteiger partial charge in [0.2, 0.25) is 5.91 Å². The molecule has 12 nitrogen and oxygen atoms in total. The molecule has 5 rings (SSSR count). The highest BCUT2D eigenvalue weighted by Gasteiger charge is 2.35. The van der Waals surface area contributed by atoms with Crippen molar-refractivity contribution in [2.24, 2.45) is 17.6 Å². The minimum atomic E-state index is -0.982. The van der Waals surface area contributed by atoms with E-state index >= 15 is 0 Å². The summed E-state index contributed by atoms with van der Waals surface area (Å²) < 4.78 is 9.94. The lowest BCUT2D eigenvalue weighted by Gasteiger charge is -2.32. The van der Waals surface area contributed by atoms with E-state index in [9.17, 15) is 19.2 Å². The summed E-state index contributed by atoms with van der Waals surface area (Å²) in [4.78, 5) is 59.4. The molecular weight excluding hydrogens is 600 g/mol. The first-order valence-corrected chi connectivity index (χ1v) is 15.7. The zero-order valence-electron chi connectivity index (χ0n) is 26.8. The van der Waals surface area contributed by atoms with E-state index < -0.39 is 35.3 Å². The number of aromatic nitrogens is 3. The Balaban J connectivity index is 1.29. The van der Waals surface area contributed by atoms with Crippen molar-refractivity contribution >= 4 is 23.6 Å².